The maximum absolute atomic E-state index is 12.5. The van der Waals surface area contributed by atoms with Gasteiger partial charge < -0.3 is 9.47 Å². The van der Waals surface area contributed by atoms with Crippen molar-refractivity contribution in [2.45, 2.75) is 65.2 Å². The number of rotatable bonds is 7. The quantitative estimate of drug-likeness (QED) is 0.478. The highest BCUT2D eigenvalue weighted by Crippen LogP contribution is 2.46. The van der Waals surface area contributed by atoms with E-state index in [-0.39, 0.29) is 11.9 Å². The molecule has 4 heteroatoms. The average molecular weight is 431 g/mol. The number of benzene rings is 2. The Morgan fingerprint density at radius 1 is 0.656 bits per heavy atom. The smallest absolute Gasteiger partial charge is 0.310 e. The van der Waals surface area contributed by atoms with Crippen molar-refractivity contribution in [3.05, 3.63) is 82.3 Å². The molecular formula is C28H30O4. The summed E-state index contributed by atoms with van der Waals surface area (Å²) in [4.78, 5) is 25.0. The number of carbonyl (C=O) groups excluding carboxylic acids is 2. The lowest BCUT2D eigenvalue weighted by Gasteiger charge is -2.29. The van der Waals surface area contributed by atoms with Crippen molar-refractivity contribution in [3.8, 4) is 0 Å². The molecule has 32 heavy (non-hydrogen) atoms. The van der Waals surface area contributed by atoms with Gasteiger partial charge in [0, 0.05) is 36.8 Å². The van der Waals surface area contributed by atoms with Crippen LogP contribution in [-0.2, 0) is 31.9 Å². The number of allylic oxidation sites excluding steroid dienone is 4. The van der Waals surface area contributed by atoms with E-state index < -0.39 is 0 Å². The lowest BCUT2D eigenvalue weighted by molar-refractivity contribution is -0.140. The number of hydrogen-bond donors (Lipinski definition) is 0. The lowest BCUT2D eigenvalue weighted by Crippen LogP contribution is -2.17. The van der Waals surface area contributed by atoms with Gasteiger partial charge in [0.15, 0.2) is 0 Å². The molecule has 166 valence electrons. The first-order chi connectivity index (χ1) is 15.6. The minimum Gasteiger partial charge on any atom is -0.430 e. The minimum atomic E-state index is -0.214. The number of carbonyl (C=O) groups is 2. The fraction of sp³-hybridized carbons (Fsp3) is 0.357. The van der Waals surface area contributed by atoms with E-state index in [1.54, 1.807) is 0 Å². The molecule has 2 aliphatic carbocycles. The number of fused-ring (bicyclic) bond motifs is 2. The van der Waals surface area contributed by atoms with Crippen molar-refractivity contribution in [2.24, 2.45) is 0 Å². The Morgan fingerprint density at radius 2 is 1.06 bits per heavy atom. The fourth-order valence-corrected chi connectivity index (χ4v) is 4.55. The van der Waals surface area contributed by atoms with Crippen molar-refractivity contribution in [1.29, 1.82) is 0 Å². The molecule has 0 unspecified atom stereocenters. The van der Waals surface area contributed by atoms with Gasteiger partial charge in [0.2, 0.25) is 0 Å². The third kappa shape index (κ3) is 4.55. The van der Waals surface area contributed by atoms with E-state index >= 15 is 0 Å². The molecule has 0 aromatic heterocycles. The van der Waals surface area contributed by atoms with Crippen molar-refractivity contribution < 1.29 is 19.1 Å². The van der Waals surface area contributed by atoms with Crippen LogP contribution in [0.2, 0.25) is 0 Å². The molecule has 0 aliphatic heterocycles. The molecule has 2 aromatic carbocycles. The fourth-order valence-electron chi connectivity index (χ4n) is 4.55. The standard InChI is InChI=1S/C28H30O4/c1-3-9-25(29)31-23-17-15-19-11-5-7-13-21(19)27(23)28-22-14-8-6-12-20(22)16-18-24(28)32-26(30)10-4-2/h5-8,11-14H,3-4,9-10,15-18H2,1-2H3. The summed E-state index contributed by atoms with van der Waals surface area (Å²) >= 11 is 0. The van der Waals surface area contributed by atoms with Crippen LogP contribution in [0.4, 0.5) is 0 Å². The zero-order valence-electron chi connectivity index (χ0n) is 18.9. The molecule has 0 atom stereocenters. The van der Waals surface area contributed by atoms with Gasteiger partial charge in [-0.15, -0.1) is 0 Å². The summed E-state index contributed by atoms with van der Waals surface area (Å²) in [5.41, 5.74) is 6.31. The number of aryl methyl sites for hydroxylation is 2. The van der Waals surface area contributed by atoms with Crippen LogP contribution in [-0.4, -0.2) is 11.9 Å². The van der Waals surface area contributed by atoms with Crippen LogP contribution in [0, 0.1) is 0 Å². The first-order valence-electron chi connectivity index (χ1n) is 11.7. The van der Waals surface area contributed by atoms with Crippen molar-refractivity contribution >= 4 is 23.1 Å². The van der Waals surface area contributed by atoms with Crippen LogP contribution in [0.15, 0.2) is 60.0 Å². The average Bonchev–Trinajstić information content (AvgIpc) is 2.79. The van der Waals surface area contributed by atoms with Gasteiger partial charge in [0.1, 0.15) is 11.5 Å². The maximum atomic E-state index is 12.5. The van der Waals surface area contributed by atoms with Crippen LogP contribution >= 0.6 is 0 Å². The molecule has 0 spiro atoms. The van der Waals surface area contributed by atoms with Gasteiger partial charge in [-0.2, -0.15) is 0 Å². The third-order valence-corrected chi connectivity index (χ3v) is 6.01. The second-order valence-electron chi connectivity index (χ2n) is 8.36. The molecule has 2 aliphatic rings. The van der Waals surface area contributed by atoms with Gasteiger partial charge in [-0.3, -0.25) is 9.59 Å². The molecule has 0 heterocycles. The van der Waals surface area contributed by atoms with Gasteiger partial charge in [-0.1, -0.05) is 62.4 Å². The van der Waals surface area contributed by atoms with Crippen molar-refractivity contribution in [2.75, 3.05) is 0 Å². The lowest BCUT2D eigenvalue weighted by atomic mass is 9.78. The summed E-state index contributed by atoms with van der Waals surface area (Å²) in [6.07, 6.45) is 5.15. The molecule has 0 radical (unpaired) electrons. The monoisotopic (exact) mass is 430 g/mol. The molecule has 2 aromatic rings. The molecule has 0 bridgehead atoms. The first kappa shape index (κ1) is 22.1. The SMILES string of the molecule is CCCC(=O)OC1=C(C2=C(OC(=O)CCC)CCc3ccccc32)c2ccccc2CC1. The Kier molecular flexibility index (Phi) is 6.89. The molecule has 4 rings (SSSR count). The normalized spacial score (nSPS) is 15.2. The highest BCUT2D eigenvalue weighted by Gasteiger charge is 2.31. The second kappa shape index (κ2) is 9.99. The van der Waals surface area contributed by atoms with E-state index in [4.69, 9.17) is 9.47 Å². The zero-order valence-corrected chi connectivity index (χ0v) is 18.9. The predicted octanol–water partition coefficient (Wildman–Crippen LogP) is 6.39. The van der Waals surface area contributed by atoms with Gasteiger partial charge in [-0.05, 0) is 47.9 Å². The molecule has 0 saturated heterocycles. The summed E-state index contributed by atoms with van der Waals surface area (Å²) in [7, 11) is 0. The Bertz CT molecular complexity index is 1000. The van der Waals surface area contributed by atoms with Gasteiger partial charge >= 0.3 is 11.9 Å². The Balaban J connectivity index is 1.93. The topological polar surface area (TPSA) is 52.6 Å². The van der Waals surface area contributed by atoms with E-state index in [0.29, 0.717) is 37.2 Å². The summed E-state index contributed by atoms with van der Waals surface area (Å²) < 4.78 is 11.9. The predicted molar refractivity (Wildman–Crippen MR) is 125 cm³/mol. The molecule has 0 saturated carbocycles. The van der Waals surface area contributed by atoms with E-state index in [1.807, 2.05) is 38.1 Å². The maximum Gasteiger partial charge on any atom is 0.310 e. The van der Waals surface area contributed by atoms with Crippen LogP contribution < -0.4 is 0 Å². The molecular weight excluding hydrogens is 400 g/mol. The van der Waals surface area contributed by atoms with Crippen LogP contribution in [0.25, 0.3) is 11.1 Å². The number of hydrogen-bond acceptors (Lipinski definition) is 4. The number of esters is 2. The molecule has 4 nitrogen and oxygen atoms in total. The van der Waals surface area contributed by atoms with Crippen LogP contribution in [0.3, 0.4) is 0 Å². The van der Waals surface area contributed by atoms with E-state index in [0.717, 1.165) is 48.0 Å². The van der Waals surface area contributed by atoms with Crippen LogP contribution in [0.1, 0.15) is 74.6 Å². The molecule has 0 amide bonds. The van der Waals surface area contributed by atoms with Crippen LogP contribution in [0.5, 0.6) is 0 Å². The van der Waals surface area contributed by atoms with Crippen molar-refractivity contribution in [1.82, 2.24) is 0 Å². The highest BCUT2D eigenvalue weighted by molar-refractivity contribution is 6.09. The highest BCUT2D eigenvalue weighted by atomic mass is 16.5. The van der Waals surface area contributed by atoms with Gasteiger partial charge in [0.05, 0.1) is 0 Å². The van der Waals surface area contributed by atoms with Gasteiger partial charge in [0.25, 0.3) is 0 Å². The molecule has 0 fully saturated rings. The Labute approximate surface area is 189 Å². The van der Waals surface area contributed by atoms with Crippen molar-refractivity contribution in [3.63, 3.8) is 0 Å². The largest absolute Gasteiger partial charge is 0.430 e. The zero-order chi connectivity index (χ0) is 22.5. The Hall–Kier alpha value is -3.14. The summed E-state index contributed by atoms with van der Waals surface area (Å²) in [6.45, 7) is 3.94. The summed E-state index contributed by atoms with van der Waals surface area (Å²) in [5, 5.41) is 0. The Morgan fingerprint density at radius 3 is 1.47 bits per heavy atom. The molecule has 0 N–H and O–H groups in total. The van der Waals surface area contributed by atoms with Gasteiger partial charge in [-0.25, -0.2) is 0 Å². The second-order valence-corrected chi connectivity index (χ2v) is 8.36. The van der Waals surface area contributed by atoms with E-state index in [2.05, 4.69) is 24.3 Å². The van der Waals surface area contributed by atoms with E-state index in [1.165, 1.54) is 11.1 Å². The first-order valence-corrected chi connectivity index (χ1v) is 11.7. The summed E-state index contributed by atoms with van der Waals surface area (Å²) in [5.74, 6) is 0.929. The number of ether oxygens (including phenoxy) is 2. The minimum absolute atomic E-state index is 0.214. The third-order valence-electron chi connectivity index (χ3n) is 6.01. The summed E-state index contributed by atoms with van der Waals surface area (Å²) in [6, 6.07) is 16.5. The van der Waals surface area contributed by atoms with E-state index in [9.17, 15) is 9.59 Å².